The fraction of sp³-hybridized carbons (Fsp3) is 0.909. The zero-order valence-corrected chi connectivity index (χ0v) is 8.79. The standard InChI is InChI=1S/C11H19NO2/c1-8(7-9-4-5-9)12-11(13)10-3-2-6-14-10/h8-10H,2-7H2,1H3,(H,12,13). The van der Waals surface area contributed by atoms with Crippen molar-refractivity contribution in [2.75, 3.05) is 6.61 Å². The van der Waals surface area contributed by atoms with E-state index in [-0.39, 0.29) is 12.0 Å². The van der Waals surface area contributed by atoms with Gasteiger partial charge >= 0.3 is 0 Å². The summed E-state index contributed by atoms with van der Waals surface area (Å²) < 4.78 is 5.32. The lowest BCUT2D eigenvalue weighted by Gasteiger charge is -2.16. The Bertz CT molecular complexity index is 207. The highest BCUT2D eigenvalue weighted by Gasteiger charge is 2.27. The van der Waals surface area contributed by atoms with Crippen molar-refractivity contribution < 1.29 is 9.53 Å². The van der Waals surface area contributed by atoms with E-state index in [0.29, 0.717) is 6.04 Å². The lowest BCUT2D eigenvalue weighted by Crippen LogP contribution is -2.39. The predicted molar refractivity (Wildman–Crippen MR) is 53.9 cm³/mol. The smallest absolute Gasteiger partial charge is 0.249 e. The third kappa shape index (κ3) is 2.71. The van der Waals surface area contributed by atoms with Gasteiger partial charge in [0.05, 0.1) is 0 Å². The van der Waals surface area contributed by atoms with Crippen LogP contribution in [-0.4, -0.2) is 24.7 Å². The van der Waals surface area contributed by atoms with Gasteiger partial charge in [-0.15, -0.1) is 0 Å². The normalized spacial score (nSPS) is 28.8. The molecule has 3 heteroatoms. The molecule has 2 fully saturated rings. The van der Waals surface area contributed by atoms with Crippen LogP contribution in [0.15, 0.2) is 0 Å². The number of hydrogen-bond acceptors (Lipinski definition) is 2. The monoisotopic (exact) mass is 197 g/mol. The molecule has 1 amide bonds. The van der Waals surface area contributed by atoms with Gasteiger partial charge in [-0.25, -0.2) is 0 Å². The van der Waals surface area contributed by atoms with Gasteiger partial charge in [0.1, 0.15) is 6.10 Å². The molecule has 1 aliphatic heterocycles. The topological polar surface area (TPSA) is 38.3 Å². The van der Waals surface area contributed by atoms with Crippen LogP contribution in [0, 0.1) is 5.92 Å². The number of carbonyl (C=O) groups excluding carboxylic acids is 1. The maximum Gasteiger partial charge on any atom is 0.249 e. The van der Waals surface area contributed by atoms with E-state index in [1.54, 1.807) is 0 Å². The van der Waals surface area contributed by atoms with Crippen LogP contribution in [0.5, 0.6) is 0 Å². The van der Waals surface area contributed by atoms with E-state index >= 15 is 0 Å². The Labute approximate surface area is 85.2 Å². The van der Waals surface area contributed by atoms with Gasteiger partial charge in [0.2, 0.25) is 5.91 Å². The Balaban J connectivity index is 1.69. The van der Waals surface area contributed by atoms with Gasteiger partial charge < -0.3 is 10.1 Å². The van der Waals surface area contributed by atoms with Crippen molar-refractivity contribution in [1.29, 1.82) is 0 Å². The first-order valence-electron chi connectivity index (χ1n) is 5.67. The first-order chi connectivity index (χ1) is 6.75. The van der Waals surface area contributed by atoms with E-state index in [1.165, 1.54) is 12.8 Å². The molecule has 1 saturated carbocycles. The van der Waals surface area contributed by atoms with Crippen molar-refractivity contribution in [1.82, 2.24) is 5.32 Å². The molecule has 1 heterocycles. The summed E-state index contributed by atoms with van der Waals surface area (Å²) in [5.41, 5.74) is 0. The van der Waals surface area contributed by atoms with E-state index in [1.807, 2.05) is 0 Å². The molecule has 2 unspecified atom stereocenters. The van der Waals surface area contributed by atoms with Gasteiger partial charge in [-0.1, -0.05) is 12.8 Å². The Morgan fingerprint density at radius 3 is 2.86 bits per heavy atom. The molecular weight excluding hydrogens is 178 g/mol. The van der Waals surface area contributed by atoms with E-state index in [9.17, 15) is 4.79 Å². The number of amides is 1. The van der Waals surface area contributed by atoms with Crippen molar-refractivity contribution in [2.45, 2.75) is 51.2 Å². The van der Waals surface area contributed by atoms with E-state index in [2.05, 4.69) is 12.2 Å². The molecule has 1 saturated heterocycles. The fourth-order valence-electron chi connectivity index (χ4n) is 2.03. The maximum atomic E-state index is 11.6. The zero-order chi connectivity index (χ0) is 9.97. The first kappa shape index (κ1) is 9.97. The summed E-state index contributed by atoms with van der Waals surface area (Å²) in [7, 11) is 0. The minimum atomic E-state index is -0.170. The highest BCUT2D eigenvalue weighted by molar-refractivity contribution is 5.81. The van der Waals surface area contributed by atoms with E-state index < -0.39 is 0 Å². The molecule has 2 aliphatic rings. The fourth-order valence-corrected chi connectivity index (χ4v) is 2.03. The summed E-state index contributed by atoms with van der Waals surface area (Å²) in [6.45, 7) is 2.83. The second-order valence-corrected chi connectivity index (χ2v) is 4.59. The van der Waals surface area contributed by atoms with Crippen LogP contribution in [0.2, 0.25) is 0 Å². The van der Waals surface area contributed by atoms with Crippen LogP contribution in [0.4, 0.5) is 0 Å². The predicted octanol–water partition coefficient (Wildman–Crippen LogP) is 1.47. The molecule has 80 valence electrons. The third-order valence-corrected chi connectivity index (χ3v) is 2.99. The summed E-state index contributed by atoms with van der Waals surface area (Å²) in [5.74, 6) is 0.963. The molecular formula is C11H19NO2. The molecule has 1 N–H and O–H groups in total. The molecule has 14 heavy (non-hydrogen) atoms. The number of ether oxygens (including phenoxy) is 1. The highest BCUT2D eigenvalue weighted by atomic mass is 16.5. The van der Waals surface area contributed by atoms with Crippen LogP contribution in [0.1, 0.15) is 39.0 Å². The highest BCUT2D eigenvalue weighted by Crippen LogP contribution is 2.33. The summed E-state index contributed by atoms with van der Waals surface area (Å²) in [5, 5.41) is 3.03. The van der Waals surface area contributed by atoms with Gasteiger partial charge in [0.25, 0.3) is 0 Å². The van der Waals surface area contributed by atoms with Crippen LogP contribution in [0.25, 0.3) is 0 Å². The Morgan fingerprint density at radius 1 is 1.50 bits per heavy atom. The Hall–Kier alpha value is -0.570. The second-order valence-electron chi connectivity index (χ2n) is 4.59. The van der Waals surface area contributed by atoms with Gasteiger partial charge in [-0.3, -0.25) is 4.79 Å². The van der Waals surface area contributed by atoms with E-state index in [4.69, 9.17) is 4.74 Å². The molecule has 1 aliphatic carbocycles. The van der Waals surface area contributed by atoms with Crippen molar-refractivity contribution in [2.24, 2.45) is 5.92 Å². The Kier molecular flexibility index (Phi) is 3.06. The minimum Gasteiger partial charge on any atom is -0.368 e. The molecule has 0 radical (unpaired) electrons. The van der Waals surface area contributed by atoms with Gasteiger partial charge in [0.15, 0.2) is 0 Å². The first-order valence-corrected chi connectivity index (χ1v) is 5.67. The maximum absolute atomic E-state index is 11.6. The lowest BCUT2D eigenvalue weighted by molar-refractivity contribution is -0.130. The van der Waals surface area contributed by atoms with Crippen molar-refractivity contribution in [3.05, 3.63) is 0 Å². The van der Waals surface area contributed by atoms with Crippen LogP contribution in [-0.2, 0) is 9.53 Å². The molecule has 2 atom stereocenters. The average molecular weight is 197 g/mol. The second kappa shape index (κ2) is 4.30. The lowest BCUT2D eigenvalue weighted by atomic mass is 10.1. The summed E-state index contributed by atoms with van der Waals surface area (Å²) in [4.78, 5) is 11.6. The molecule has 2 rings (SSSR count). The molecule has 0 aromatic rings. The molecule has 3 nitrogen and oxygen atoms in total. The average Bonchev–Trinajstić information content (AvgIpc) is 2.80. The van der Waals surface area contributed by atoms with Gasteiger partial charge in [-0.05, 0) is 32.1 Å². The van der Waals surface area contributed by atoms with Crippen molar-refractivity contribution in [3.8, 4) is 0 Å². The van der Waals surface area contributed by atoms with E-state index in [0.717, 1.165) is 31.8 Å². The largest absolute Gasteiger partial charge is 0.368 e. The van der Waals surface area contributed by atoms with Crippen LogP contribution >= 0.6 is 0 Å². The van der Waals surface area contributed by atoms with Crippen LogP contribution in [0.3, 0.4) is 0 Å². The quantitative estimate of drug-likeness (QED) is 0.741. The molecule has 0 spiro atoms. The number of hydrogen-bond donors (Lipinski definition) is 1. The minimum absolute atomic E-state index is 0.0932. The molecule has 0 aromatic heterocycles. The zero-order valence-electron chi connectivity index (χ0n) is 8.79. The molecule has 0 bridgehead atoms. The van der Waals surface area contributed by atoms with Crippen molar-refractivity contribution in [3.63, 3.8) is 0 Å². The van der Waals surface area contributed by atoms with Gasteiger partial charge in [0, 0.05) is 12.6 Å². The van der Waals surface area contributed by atoms with Crippen LogP contribution < -0.4 is 5.32 Å². The third-order valence-electron chi connectivity index (χ3n) is 2.99. The van der Waals surface area contributed by atoms with Crippen molar-refractivity contribution >= 4 is 5.91 Å². The SMILES string of the molecule is CC(CC1CC1)NC(=O)C1CCCO1. The molecule has 0 aromatic carbocycles. The van der Waals surface area contributed by atoms with Gasteiger partial charge in [-0.2, -0.15) is 0 Å². The summed E-state index contributed by atoms with van der Waals surface area (Å²) >= 11 is 0. The number of nitrogens with one attached hydrogen (secondary N) is 1. The number of rotatable bonds is 4. The number of carbonyl (C=O) groups is 1. The Morgan fingerprint density at radius 2 is 2.29 bits per heavy atom. The summed E-state index contributed by atoms with van der Waals surface area (Å²) in [6.07, 6.45) is 5.58. The summed E-state index contributed by atoms with van der Waals surface area (Å²) in [6, 6.07) is 0.319.